The van der Waals surface area contributed by atoms with E-state index in [1.165, 1.54) is 4.90 Å². The number of pyridine rings is 1. The molecule has 2 aliphatic rings. The molecule has 2 aromatic rings. The van der Waals surface area contributed by atoms with Gasteiger partial charge in [-0.25, -0.2) is 4.98 Å². The molecule has 0 radical (unpaired) electrons. The molecule has 1 aromatic carbocycles. The summed E-state index contributed by atoms with van der Waals surface area (Å²) < 4.78 is 0. The van der Waals surface area contributed by atoms with Crippen molar-refractivity contribution in [3.63, 3.8) is 0 Å². The molecule has 22 heavy (non-hydrogen) atoms. The Bertz CT molecular complexity index is 885. The Kier molecular flexibility index (Phi) is 2.39. The van der Waals surface area contributed by atoms with Crippen molar-refractivity contribution in [2.24, 2.45) is 10.9 Å². The van der Waals surface area contributed by atoms with Crippen molar-refractivity contribution in [1.29, 1.82) is 0 Å². The van der Waals surface area contributed by atoms with E-state index in [4.69, 9.17) is 0 Å². The number of carbonyl (C=O) groups is 2. The van der Waals surface area contributed by atoms with Crippen LogP contribution < -0.4 is 0 Å². The number of carbonyl (C=O) groups excluding carboxylic acids is 2. The third-order valence-electron chi connectivity index (χ3n) is 4.81. The molecule has 110 valence electrons. The summed E-state index contributed by atoms with van der Waals surface area (Å²) in [7, 11) is 0. The minimum absolute atomic E-state index is 0.0334. The van der Waals surface area contributed by atoms with Crippen LogP contribution in [0.15, 0.2) is 35.3 Å². The topological polar surface area (TPSA) is 62.6 Å². The zero-order valence-electron chi connectivity index (χ0n) is 12.6. The Morgan fingerprint density at radius 3 is 2.64 bits per heavy atom. The molecule has 0 unspecified atom stereocenters. The highest BCUT2D eigenvalue weighted by molar-refractivity contribution is 6.30. The molecule has 0 saturated heterocycles. The summed E-state index contributed by atoms with van der Waals surface area (Å²) in [6.45, 7) is 5.63. The Labute approximate surface area is 127 Å². The van der Waals surface area contributed by atoms with Gasteiger partial charge in [-0.05, 0) is 25.0 Å². The number of aliphatic imine (C=N–C) groups is 1. The van der Waals surface area contributed by atoms with Crippen LogP contribution in [0.5, 0.6) is 0 Å². The third kappa shape index (κ3) is 1.38. The van der Waals surface area contributed by atoms with Crippen molar-refractivity contribution in [3.8, 4) is 0 Å². The highest BCUT2D eigenvalue weighted by Crippen LogP contribution is 2.39. The summed E-state index contributed by atoms with van der Waals surface area (Å²) in [5.74, 6) is -0.0959. The van der Waals surface area contributed by atoms with Gasteiger partial charge in [0.1, 0.15) is 11.2 Å². The standard InChI is InChI=1S/C17H15N3O2/c1-9(2)17(3)16(22)19-14-13-11(15(21)20(14)17)8-10-6-4-5-7-12(10)18-13/h4-9H,1-3H3/t17-/m1/s1. The summed E-state index contributed by atoms with van der Waals surface area (Å²) in [6, 6.07) is 9.47. The van der Waals surface area contributed by atoms with Crippen LogP contribution in [-0.4, -0.2) is 33.1 Å². The number of nitrogens with zero attached hydrogens (tertiary/aromatic N) is 3. The van der Waals surface area contributed by atoms with E-state index in [9.17, 15) is 9.59 Å². The van der Waals surface area contributed by atoms with Gasteiger partial charge in [0.15, 0.2) is 5.84 Å². The summed E-state index contributed by atoms with van der Waals surface area (Å²) in [5, 5.41) is 0.911. The number of hydrogen-bond donors (Lipinski definition) is 0. The van der Waals surface area contributed by atoms with Crippen LogP contribution in [0.4, 0.5) is 0 Å². The molecule has 3 heterocycles. The van der Waals surface area contributed by atoms with Crippen molar-refractivity contribution >= 4 is 28.6 Å². The minimum atomic E-state index is -0.931. The Morgan fingerprint density at radius 2 is 1.91 bits per heavy atom. The van der Waals surface area contributed by atoms with Gasteiger partial charge in [0.2, 0.25) is 0 Å². The summed E-state index contributed by atoms with van der Waals surface area (Å²) in [4.78, 5) is 35.4. The van der Waals surface area contributed by atoms with Crippen molar-refractivity contribution in [1.82, 2.24) is 9.88 Å². The summed E-state index contributed by atoms with van der Waals surface area (Å²) >= 11 is 0. The first-order valence-electron chi connectivity index (χ1n) is 7.32. The number of hydrogen-bond acceptors (Lipinski definition) is 3. The van der Waals surface area contributed by atoms with E-state index < -0.39 is 5.54 Å². The molecule has 0 saturated carbocycles. The predicted molar refractivity (Wildman–Crippen MR) is 82.7 cm³/mol. The molecule has 0 spiro atoms. The molecule has 0 N–H and O–H groups in total. The average molecular weight is 293 g/mol. The van der Waals surface area contributed by atoms with Gasteiger partial charge in [0.05, 0.1) is 11.1 Å². The van der Waals surface area contributed by atoms with E-state index in [1.54, 1.807) is 6.92 Å². The van der Waals surface area contributed by atoms with Crippen LogP contribution in [0.3, 0.4) is 0 Å². The van der Waals surface area contributed by atoms with Crippen molar-refractivity contribution in [3.05, 3.63) is 41.6 Å². The first-order valence-corrected chi connectivity index (χ1v) is 7.32. The quantitative estimate of drug-likeness (QED) is 0.811. The van der Waals surface area contributed by atoms with Crippen LogP contribution in [0.25, 0.3) is 10.9 Å². The van der Waals surface area contributed by atoms with Gasteiger partial charge < -0.3 is 0 Å². The van der Waals surface area contributed by atoms with Crippen LogP contribution >= 0.6 is 0 Å². The smallest absolute Gasteiger partial charge is 0.274 e. The van der Waals surface area contributed by atoms with E-state index in [1.807, 2.05) is 44.2 Å². The second-order valence-electron chi connectivity index (χ2n) is 6.26. The Balaban J connectivity index is 1.99. The molecule has 1 atom stereocenters. The number of rotatable bonds is 1. The van der Waals surface area contributed by atoms with Crippen LogP contribution in [0.1, 0.15) is 36.8 Å². The van der Waals surface area contributed by atoms with Crippen molar-refractivity contribution < 1.29 is 9.59 Å². The van der Waals surface area contributed by atoms with E-state index in [2.05, 4.69) is 9.98 Å². The lowest BCUT2D eigenvalue weighted by atomic mass is 9.87. The second-order valence-corrected chi connectivity index (χ2v) is 6.26. The number of benzene rings is 1. The highest BCUT2D eigenvalue weighted by Gasteiger charge is 2.56. The lowest BCUT2D eigenvalue weighted by molar-refractivity contribution is -0.126. The molecular weight excluding hydrogens is 278 g/mol. The lowest BCUT2D eigenvalue weighted by Crippen LogP contribution is -2.53. The number of amidine groups is 1. The van der Waals surface area contributed by atoms with Crippen LogP contribution in [-0.2, 0) is 4.79 Å². The zero-order valence-corrected chi connectivity index (χ0v) is 12.6. The Hall–Kier alpha value is -2.56. The van der Waals surface area contributed by atoms with Gasteiger partial charge in [0, 0.05) is 5.39 Å². The van der Waals surface area contributed by atoms with Crippen molar-refractivity contribution in [2.45, 2.75) is 26.3 Å². The maximum atomic E-state index is 12.8. The van der Waals surface area contributed by atoms with Gasteiger partial charge in [0.25, 0.3) is 11.8 Å². The predicted octanol–water partition coefficient (Wildman–Crippen LogP) is 2.39. The number of fused-ring (bicyclic) bond motifs is 4. The lowest BCUT2D eigenvalue weighted by Gasteiger charge is -2.34. The second kappa shape index (κ2) is 4.00. The van der Waals surface area contributed by atoms with Gasteiger partial charge in [-0.1, -0.05) is 32.0 Å². The van der Waals surface area contributed by atoms with Gasteiger partial charge in [-0.2, -0.15) is 4.99 Å². The van der Waals surface area contributed by atoms with E-state index >= 15 is 0 Å². The number of aromatic nitrogens is 1. The van der Waals surface area contributed by atoms with E-state index in [-0.39, 0.29) is 17.7 Å². The first-order chi connectivity index (χ1) is 10.4. The maximum absolute atomic E-state index is 12.8. The van der Waals surface area contributed by atoms with E-state index in [0.29, 0.717) is 17.1 Å². The molecule has 4 rings (SSSR count). The fourth-order valence-electron chi connectivity index (χ4n) is 3.12. The molecule has 0 bridgehead atoms. The summed E-state index contributed by atoms with van der Waals surface area (Å²) in [5.41, 5.74) is 0.904. The minimum Gasteiger partial charge on any atom is -0.275 e. The van der Waals surface area contributed by atoms with Crippen LogP contribution in [0.2, 0.25) is 0 Å². The molecule has 2 amide bonds. The van der Waals surface area contributed by atoms with Gasteiger partial charge >= 0.3 is 0 Å². The fraction of sp³-hybridized carbons (Fsp3) is 0.294. The molecule has 2 aliphatic heterocycles. The SMILES string of the molecule is CC(C)[C@]1(C)C(=O)N=C2c3nc4ccccc4cc3C(=O)N21. The van der Waals surface area contributed by atoms with Gasteiger partial charge in [-0.15, -0.1) is 0 Å². The Morgan fingerprint density at radius 1 is 1.18 bits per heavy atom. The van der Waals surface area contributed by atoms with Crippen molar-refractivity contribution in [2.75, 3.05) is 0 Å². The molecule has 0 aliphatic carbocycles. The molecule has 0 fully saturated rings. The monoisotopic (exact) mass is 293 g/mol. The van der Waals surface area contributed by atoms with Crippen LogP contribution in [0, 0.1) is 5.92 Å². The van der Waals surface area contributed by atoms with Gasteiger partial charge in [-0.3, -0.25) is 14.5 Å². The third-order valence-corrected chi connectivity index (χ3v) is 4.81. The fourth-order valence-corrected chi connectivity index (χ4v) is 3.12. The first kappa shape index (κ1) is 13.1. The zero-order chi connectivity index (χ0) is 15.6. The highest BCUT2D eigenvalue weighted by atomic mass is 16.2. The number of para-hydroxylation sites is 1. The van der Waals surface area contributed by atoms with E-state index in [0.717, 1.165) is 10.9 Å². The maximum Gasteiger partial charge on any atom is 0.274 e. The molecule has 5 heteroatoms. The molecule has 5 nitrogen and oxygen atoms in total. The average Bonchev–Trinajstić information content (AvgIpc) is 2.92. The summed E-state index contributed by atoms with van der Waals surface area (Å²) in [6.07, 6.45) is 0. The molecule has 1 aromatic heterocycles. The normalized spacial score (nSPS) is 23.3. The largest absolute Gasteiger partial charge is 0.275 e. The molecular formula is C17H15N3O2. The number of amides is 2.